The molecule has 1 aromatic carbocycles. The Morgan fingerprint density at radius 2 is 1.97 bits per heavy atom. The Hall–Kier alpha value is -1.61. The highest BCUT2D eigenvalue weighted by atomic mass is 35.5. The number of hydrogen-bond donors (Lipinski definition) is 1. The Bertz CT molecular complexity index is 1020. The summed E-state index contributed by atoms with van der Waals surface area (Å²) in [5.41, 5.74) is 2.37. The number of rotatable bonds is 6. The maximum Gasteiger partial charge on any atom is 0.252 e. The number of hydrogen-bond acceptors (Lipinski definition) is 5. The van der Waals surface area contributed by atoms with Gasteiger partial charge in [-0.25, -0.2) is 8.42 Å². The van der Waals surface area contributed by atoms with Crippen LogP contribution in [0.1, 0.15) is 24.8 Å². The van der Waals surface area contributed by atoms with Crippen LogP contribution in [0.5, 0.6) is 0 Å². The van der Waals surface area contributed by atoms with Crippen LogP contribution in [0.4, 0.5) is 5.69 Å². The highest BCUT2D eigenvalue weighted by Crippen LogP contribution is 2.30. The zero-order chi connectivity index (χ0) is 22.0. The summed E-state index contributed by atoms with van der Waals surface area (Å²) in [6, 6.07) is 9.34. The molecule has 4 rings (SSSR count). The summed E-state index contributed by atoms with van der Waals surface area (Å²) in [6.45, 7) is 5.39. The third kappa shape index (κ3) is 5.08. The van der Waals surface area contributed by atoms with Crippen LogP contribution in [0.15, 0.2) is 39.9 Å². The molecule has 168 valence electrons. The predicted molar refractivity (Wildman–Crippen MR) is 125 cm³/mol. The molecule has 0 spiro atoms. The standard InChI is InChI=1S/C22H28ClN3O3S2/c1-16-4-5-19(23)13-20(16)25-9-6-17(15-25)14-24-22(27)18-7-10-26(11-8-18)31(28,29)21-3-2-12-30-21/h2-5,12-13,17-18H,6-11,14-15H2,1H3,(H,24,27). The minimum Gasteiger partial charge on any atom is -0.371 e. The lowest BCUT2D eigenvalue weighted by Gasteiger charge is -2.30. The summed E-state index contributed by atoms with van der Waals surface area (Å²) in [4.78, 5) is 15.0. The summed E-state index contributed by atoms with van der Waals surface area (Å²) in [5, 5.41) is 5.63. The molecule has 0 aliphatic carbocycles. The molecule has 1 unspecified atom stereocenters. The van der Waals surface area contributed by atoms with Crippen LogP contribution in [0.25, 0.3) is 0 Å². The second kappa shape index (κ2) is 9.48. The van der Waals surface area contributed by atoms with E-state index >= 15 is 0 Å². The average molecular weight is 482 g/mol. The van der Waals surface area contributed by atoms with Crippen LogP contribution in [-0.2, 0) is 14.8 Å². The van der Waals surface area contributed by atoms with E-state index < -0.39 is 10.0 Å². The van der Waals surface area contributed by atoms with E-state index in [9.17, 15) is 13.2 Å². The smallest absolute Gasteiger partial charge is 0.252 e. The van der Waals surface area contributed by atoms with Gasteiger partial charge in [-0.15, -0.1) is 11.3 Å². The van der Waals surface area contributed by atoms with Crippen molar-refractivity contribution < 1.29 is 13.2 Å². The number of benzene rings is 1. The van der Waals surface area contributed by atoms with Crippen molar-refractivity contribution in [2.24, 2.45) is 11.8 Å². The van der Waals surface area contributed by atoms with Crippen molar-refractivity contribution in [2.45, 2.75) is 30.4 Å². The van der Waals surface area contributed by atoms with E-state index in [1.54, 1.807) is 17.5 Å². The highest BCUT2D eigenvalue weighted by Gasteiger charge is 2.33. The molecule has 3 heterocycles. The van der Waals surface area contributed by atoms with E-state index in [-0.39, 0.29) is 11.8 Å². The number of aryl methyl sites for hydroxylation is 1. The van der Waals surface area contributed by atoms with Crippen molar-refractivity contribution in [1.82, 2.24) is 9.62 Å². The first-order valence-electron chi connectivity index (χ1n) is 10.7. The van der Waals surface area contributed by atoms with Gasteiger partial charge in [0.1, 0.15) is 4.21 Å². The second-order valence-electron chi connectivity index (χ2n) is 8.39. The number of halogens is 1. The van der Waals surface area contributed by atoms with Gasteiger partial charge in [0.15, 0.2) is 0 Å². The number of anilines is 1. The van der Waals surface area contributed by atoms with E-state index in [4.69, 9.17) is 11.6 Å². The Morgan fingerprint density at radius 3 is 2.68 bits per heavy atom. The number of thiophene rings is 1. The van der Waals surface area contributed by atoms with Crippen molar-refractivity contribution in [3.63, 3.8) is 0 Å². The van der Waals surface area contributed by atoms with Gasteiger partial charge in [-0.1, -0.05) is 23.7 Å². The van der Waals surface area contributed by atoms with Gasteiger partial charge >= 0.3 is 0 Å². The summed E-state index contributed by atoms with van der Waals surface area (Å²) in [7, 11) is -3.43. The van der Waals surface area contributed by atoms with E-state index in [1.165, 1.54) is 26.9 Å². The summed E-state index contributed by atoms with van der Waals surface area (Å²) >= 11 is 7.40. The van der Waals surface area contributed by atoms with Crippen LogP contribution in [0, 0.1) is 18.8 Å². The first-order chi connectivity index (χ1) is 14.8. The maximum atomic E-state index is 12.7. The molecule has 1 aromatic heterocycles. The molecule has 2 fully saturated rings. The van der Waals surface area contributed by atoms with Gasteiger partial charge in [0.2, 0.25) is 5.91 Å². The van der Waals surface area contributed by atoms with Gasteiger partial charge in [-0.05, 0) is 61.2 Å². The zero-order valence-corrected chi connectivity index (χ0v) is 20.0. The number of amides is 1. The Kier molecular flexibility index (Phi) is 6.91. The molecule has 1 amide bonds. The molecule has 0 bridgehead atoms. The topological polar surface area (TPSA) is 69.7 Å². The third-order valence-corrected chi connectivity index (χ3v) is 9.78. The molecule has 2 aliphatic heterocycles. The van der Waals surface area contributed by atoms with Crippen molar-refractivity contribution in [2.75, 3.05) is 37.6 Å². The molecular formula is C22H28ClN3O3S2. The van der Waals surface area contributed by atoms with Crippen LogP contribution < -0.4 is 10.2 Å². The number of nitrogens with zero attached hydrogens (tertiary/aromatic N) is 2. The van der Waals surface area contributed by atoms with Crippen LogP contribution in [0.3, 0.4) is 0 Å². The predicted octanol–water partition coefficient (Wildman–Crippen LogP) is 3.75. The van der Waals surface area contributed by atoms with Crippen molar-refractivity contribution in [3.05, 3.63) is 46.3 Å². The number of sulfonamides is 1. The van der Waals surface area contributed by atoms with Gasteiger partial charge in [0.25, 0.3) is 10.0 Å². The van der Waals surface area contributed by atoms with Gasteiger partial charge in [0, 0.05) is 49.4 Å². The van der Waals surface area contributed by atoms with Gasteiger partial charge in [0.05, 0.1) is 0 Å². The largest absolute Gasteiger partial charge is 0.371 e. The van der Waals surface area contributed by atoms with Gasteiger partial charge in [-0.3, -0.25) is 4.79 Å². The molecule has 6 nitrogen and oxygen atoms in total. The molecule has 9 heteroatoms. The minimum atomic E-state index is -3.43. The van der Waals surface area contributed by atoms with E-state index in [0.29, 0.717) is 42.6 Å². The third-order valence-electron chi connectivity index (χ3n) is 6.28. The van der Waals surface area contributed by atoms with E-state index in [1.807, 2.05) is 18.2 Å². The summed E-state index contributed by atoms with van der Waals surface area (Å²) in [5.74, 6) is 0.328. The fourth-order valence-electron chi connectivity index (χ4n) is 4.43. The average Bonchev–Trinajstić information content (AvgIpc) is 3.46. The van der Waals surface area contributed by atoms with Gasteiger partial charge < -0.3 is 10.2 Å². The lowest BCUT2D eigenvalue weighted by molar-refractivity contribution is -0.126. The molecule has 1 atom stereocenters. The van der Waals surface area contributed by atoms with E-state index in [0.717, 1.165) is 24.5 Å². The van der Waals surface area contributed by atoms with Crippen LogP contribution in [-0.4, -0.2) is 51.4 Å². The number of piperidine rings is 1. The fourth-order valence-corrected chi connectivity index (χ4v) is 7.21. The number of nitrogens with one attached hydrogen (secondary N) is 1. The molecule has 0 radical (unpaired) electrons. The van der Waals surface area contributed by atoms with Crippen LogP contribution >= 0.6 is 22.9 Å². The monoisotopic (exact) mass is 481 g/mol. The minimum absolute atomic E-state index is 0.0468. The lowest BCUT2D eigenvalue weighted by atomic mass is 9.97. The number of carbonyl (C=O) groups is 1. The second-order valence-corrected chi connectivity index (χ2v) is 11.9. The van der Waals surface area contributed by atoms with E-state index in [2.05, 4.69) is 17.1 Å². The molecular weight excluding hydrogens is 454 g/mol. The highest BCUT2D eigenvalue weighted by molar-refractivity contribution is 7.91. The molecule has 0 saturated carbocycles. The zero-order valence-electron chi connectivity index (χ0n) is 17.6. The Labute approximate surface area is 193 Å². The fraction of sp³-hybridized carbons (Fsp3) is 0.500. The molecule has 31 heavy (non-hydrogen) atoms. The van der Waals surface area contributed by atoms with Crippen molar-refractivity contribution >= 4 is 44.6 Å². The summed E-state index contributed by atoms with van der Waals surface area (Å²) < 4.78 is 27.2. The molecule has 1 N–H and O–H groups in total. The first kappa shape index (κ1) is 22.6. The quantitative estimate of drug-likeness (QED) is 0.682. The van der Waals surface area contributed by atoms with Gasteiger partial charge in [-0.2, -0.15) is 4.31 Å². The Morgan fingerprint density at radius 1 is 1.19 bits per heavy atom. The normalized spacial score (nSPS) is 20.8. The van der Waals surface area contributed by atoms with Crippen LogP contribution in [0.2, 0.25) is 5.02 Å². The lowest BCUT2D eigenvalue weighted by Crippen LogP contribution is -2.43. The maximum absolute atomic E-state index is 12.7. The summed E-state index contributed by atoms with van der Waals surface area (Å²) in [6.07, 6.45) is 2.16. The van der Waals surface area contributed by atoms with Crippen molar-refractivity contribution in [3.8, 4) is 0 Å². The SMILES string of the molecule is Cc1ccc(Cl)cc1N1CCC(CNC(=O)C2CCN(S(=O)(=O)c3cccs3)CC2)C1. The molecule has 2 aromatic rings. The first-order valence-corrected chi connectivity index (χ1v) is 13.4. The molecule has 2 saturated heterocycles. The van der Waals surface area contributed by atoms with Crippen molar-refractivity contribution in [1.29, 1.82) is 0 Å². The number of carbonyl (C=O) groups excluding carboxylic acids is 1. The molecule has 2 aliphatic rings. The Balaban J connectivity index is 1.24.